The van der Waals surface area contributed by atoms with Gasteiger partial charge in [0, 0.05) is 4.88 Å². The van der Waals surface area contributed by atoms with Crippen molar-refractivity contribution >= 4 is 27.5 Å². The number of nitrogens with one attached hydrogen (secondary N) is 1. The van der Waals surface area contributed by atoms with Crippen molar-refractivity contribution in [1.82, 2.24) is 9.66 Å². The van der Waals surface area contributed by atoms with Gasteiger partial charge >= 0.3 is 0 Å². The molecule has 0 saturated heterocycles. The van der Waals surface area contributed by atoms with Crippen LogP contribution in [0.4, 0.5) is 0 Å². The number of ether oxygens (including phenoxy) is 1. The van der Waals surface area contributed by atoms with Crippen molar-refractivity contribution in [3.63, 3.8) is 0 Å². The molecule has 3 rings (SSSR count). The maximum atomic E-state index is 12.4. The fourth-order valence-corrected chi connectivity index (χ4v) is 3.09. The van der Waals surface area contributed by atoms with E-state index in [-0.39, 0.29) is 12.2 Å². The van der Waals surface area contributed by atoms with Crippen LogP contribution in [0, 0.1) is 11.3 Å². The second kappa shape index (κ2) is 7.15. The van der Waals surface area contributed by atoms with Gasteiger partial charge in [0.2, 0.25) is 0 Å². The number of nitriles is 1. The molecule has 2 aromatic heterocycles. The molecular weight excluding hydrogens is 340 g/mol. The molecule has 126 valence electrons. The topological polar surface area (TPSA) is 97.0 Å². The fourth-order valence-electron chi connectivity index (χ4n) is 2.17. The van der Waals surface area contributed by atoms with Gasteiger partial charge in [-0.25, -0.2) is 9.66 Å². The van der Waals surface area contributed by atoms with Gasteiger partial charge in [-0.05, 0) is 36.8 Å². The Hall–Kier alpha value is -3.18. The first-order valence-corrected chi connectivity index (χ1v) is 8.35. The van der Waals surface area contributed by atoms with E-state index in [4.69, 9.17) is 10.00 Å². The van der Waals surface area contributed by atoms with Gasteiger partial charge in [0.1, 0.15) is 16.9 Å². The summed E-state index contributed by atoms with van der Waals surface area (Å²) in [6, 6.07) is 10.2. The summed E-state index contributed by atoms with van der Waals surface area (Å²) in [6.07, 6.45) is 2.12. The summed E-state index contributed by atoms with van der Waals surface area (Å²) in [5, 5.41) is 9.22. The number of hydrogen-bond donors (Lipinski definition) is 1. The van der Waals surface area contributed by atoms with E-state index in [2.05, 4.69) is 10.4 Å². The van der Waals surface area contributed by atoms with Gasteiger partial charge in [-0.3, -0.25) is 15.0 Å². The van der Waals surface area contributed by atoms with E-state index >= 15 is 0 Å². The first-order valence-electron chi connectivity index (χ1n) is 7.53. The fraction of sp³-hybridized carbons (Fsp3) is 0.176. The van der Waals surface area contributed by atoms with Crippen molar-refractivity contribution in [3.8, 4) is 11.8 Å². The molecule has 0 aliphatic rings. The van der Waals surface area contributed by atoms with Crippen molar-refractivity contribution in [2.24, 2.45) is 0 Å². The van der Waals surface area contributed by atoms with Gasteiger partial charge < -0.3 is 4.74 Å². The number of amides is 1. The average molecular weight is 354 g/mol. The molecule has 0 fully saturated rings. The monoisotopic (exact) mass is 354 g/mol. The van der Waals surface area contributed by atoms with Crippen LogP contribution in [0.3, 0.4) is 0 Å². The molecule has 0 unspecified atom stereocenters. The second-order valence-electron chi connectivity index (χ2n) is 5.16. The largest absolute Gasteiger partial charge is 0.484 e. The number of aryl methyl sites for hydroxylation is 1. The molecule has 3 aromatic rings. The maximum absolute atomic E-state index is 12.4. The summed E-state index contributed by atoms with van der Waals surface area (Å²) in [6.45, 7) is 1.74. The summed E-state index contributed by atoms with van der Waals surface area (Å²) in [7, 11) is 0. The smallest absolute Gasteiger partial charge is 0.280 e. The predicted octanol–water partition coefficient (Wildman–Crippen LogP) is 2.04. The Balaban J connectivity index is 1.68. The van der Waals surface area contributed by atoms with Crippen molar-refractivity contribution in [2.45, 2.75) is 13.3 Å². The Labute approximate surface area is 147 Å². The maximum Gasteiger partial charge on any atom is 0.280 e. The van der Waals surface area contributed by atoms with Crippen LogP contribution in [0.2, 0.25) is 0 Å². The van der Waals surface area contributed by atoms with E-state index < -0.39 is 5.91 Å². The number of nitrogens with zero attached hydrogens (tertiary/aromatic N) is 3. The lowest BCUT2D eigenvalue weighted by molar-refractivity contribution is -0.119. The standard InChI is InChI=1S/C17H14N4O3S/c1-2-13-7-14-16(25-13)19-10-21(17(14)23)20-15(22)9-24-12-5-3-11(8-18)4-6-12/h3-7,10H,2,9H2,1H3,(H,20,22). The lowest BCUT2D eigenvalue weighted by atomic mass is 10.2. The van der Waals surface area contributed by atoms with Crippen LogP contribution in [0.25, 0.3) is 10.2 Å². The molecule has 0 bridgehead atoms. The second-order valence-corrected chi connectivity index (χ2v) is 6.28. The van der Waals surface area contributed by atoms with Crippen LogP contribution in [-0.4, -0.2) is 22.2 Å². The van der Waals surface area contributed by atoms with E-state index in [1.165, 1.54) is 17.7 Å². The zero-order chi connectivity index (χ0) is 17.8. The van der Waals surface area contributed by atoms with Crippen molar-refractivity contribution in [1.29, 1.82) is 5.26 Å². The van der Waals surface area contributed by atoms with Crippen LogP contribution >= 0.6 is 11.3 Å². The van der Waals surface area contributed by atoms with E-state index in [0.717, 1.165) is 16.0 Å². The molecule has 0 aliphatic carbocycles. The summed E-state index contributed by atoms with van der Waals surface area (Å²) >= 11 is 1.46. The normalized spacial score (nSPS) is 10.4. The number of thiophene rings is 1. The van der Waals surface area contributed by atoms with Gasteiger partial charge in [-0.1, -0.05) is 6.92 Å². The minimum atomic E-state index is -0.487. The summed E-state index contributed by atoms with van der Waals surface area (Å²) in [5.41, 5.74) is 2.63. The number of fused-ring (bicyclic) bond motifs is 1. The Morgan fingerprint density at radius 2 is 2.16 bits per heavy atom. The third kappa shape index (κ3) is 3.67. The van der Waals surface area contributed by atoms with Crippen molar-refractivity contribution < 1.29 is 9.53 Å². The molecule has 0 radical (unpaired) electrons. The Bertz CT molecular complexity index is 1020. The molecule has 1 aromatic carbocycles. The summed E-state index contributed by atoms with van der Waals surface area (Å²) < 4.78 is 6.39. The lowest BCUT2D eigenvalue weighted by Crippen LogP contribution is -2.35. The van der Waals surface area contributed by atoms with Crippen molar-refractivity contribution in [3.05, 3.63) is 57.5 Å². The quantitative estimate of drug-likeness (QED) is 0.756. The van der Waals surface area contributed by atoms with Crippen LogP contribution < -0.4 is 15.7 Å². The minimum absolute atomic E-state index is 0.264. The van der Waals surface area contributed by atoms with Crippen LogP contribution in [0.15, 0.2) is 41.5 Å². The van der Waals surface area contributed by atoms with Crippen LogP contribution in [0.1, 0.15) is 17.4 Å². The van der Waals surface area contributed by atoms with Gasteiger partial charge in [-0.2, -0.15) is 5.26 Å². The molecule has 8 heteroatoms. The minimum Gasteiger partial charge on any atom is -0.484 e. The van der Waals surface area contributed by atoms with Crippen molar-refractivity contribution in [2.75, 3.05) is 12.0 Å². The molecule has 0 atom stereocenters. The summed E-state index contributed by atoms with van der Waals surface area (Å²) in [5.74, 6) is -0.0287. The Morgan fingerprint density at radius 3 is 2.84 bits per heavy atom. The number of hydrogen-bond acceptors (Lipinski definition) is 6. The number of benzene rings is 1. The highest BCUT2D eigenvalue weighted by Crippen LogP contribution is 2.20. The first kappa shape index (κ1) is 16.7. The predicted molar refractivity (Wildman–Crippen MR) is 94.3 cm³/mol. The first-order chi connectivity index (χ1) is 12.1. The molecule has 0 saturated carbocycles. The lowest BCUT2D eigenvalue weighted by Gasteiger charge is -2.09. The highest BCUT2D eigenvalue weighted by molar-refractivity contribution is 7.18. The number of rotatable bonds is 5. The molecule has 0 spiro atoms. The zero-order valence-electron chi connectivity index (χ0n) is 13.4. The van der Waals surface area contributed by atoms with Gasteiger partial charge in [0.15, 0.2) is 6.61 Å². The third-order valence-corrected chi connectivity index (χ3v) is 4.64. The molecule has 7 nitrogen and oxygen atoms in total. The molecule has 1 N–H and O–H groups in total. The highest BCUT2D eigenvalue weighted by Gasteiger charge is 2.10. The summed E-state index contributed by atoms with van der Waals surface area (Å²) in [4.78, 5) is 30.3. The van der Waals surface area contributed by atoms with Crippen LogP contribution in [0.5, 0.6) is 5.75 Å². The van der Waals surface area contributed by atoms with E-state index in [0.29, 0.717) is 21.5 Å². The SMILES string of the molecule is CCc1cc2c(=O)n(NC(=O)COc3ccc(C#N)cc3)cnc2s1. The third-order valence-electron chi connectivity index (χ3n) is 3.45. The van der Waals surface area contributed by atoms with E-state index in [1.807, 2.05) is 13.0 Å². The highest BCUT2D eigenvalue weighted by atomic mass is 32.1. The number of carbonyl (C=O) groups excluding carboxylic acids is 1. The molecule has 2 heterocycles. The van der Waals surface area contributed by atoms with Gasteiger partial charge in [0.05, 0.1) is 17.0 Å². The molecule has 0 aliphatic heterocycles. The average Bonchev–Trinajstić information content (AvgIpc) is 3.07. The van der Waals surface area contributed by atoms with E-state index in [9.17, 15) is 9.59 Å². The zero-order valence-corrected chi connectivity index (χ0v) is 14.2. The van der Waals surface area contributed by atoms with Crippen LogP contribution in [-0.2, 0) is 11.2 Å². The molecular formula is C17H14N4O3S. The van der Waals surface area contributed by atoms with Gasteiger partial charge in [-0.15, -0.1) is 11.3 Å². The Morgan fingerprint density at radius 1 is 1.40 bits per heavy atom. The Kier molecular flexibility index (Phi) is 4.77. The van der Waals surface area contributed by atoms with Gasteiger partial charge in [0.25, 0.3) is 11.5 Å². The number of aromatic nitrogens is 2. The van der Waals surface area contributed by atoms with E-state index in [1.54, 1.807) is 30.3 Å². The number of carbonyl (C=O) groups is 1. The molecule has 1 amide bonds. The molecule has 25 heavy (non-hydrogen) atoms.